The van der Waals surface area contributed by atoms with Crippen LogP contribution in [0, 0.1) is 5.92 Å². The van der Waals surface area contributed by atoms with Gasteiger partial charge in [-0.1, -0.05) is 12.1 Å². The molecule has 0 bridgehead atoms. The van der Waals surface area contributed by atoms with Gasteiger partial charge in [0, 0.05) is 17.6 Å². The summed E-state index contributed by atoms with van der Waals surface area (Å²) in [5, 5.41) is 1.57. The molecule has 1 saturated heterocycles. The minimum absolute atomic E-state index is 0.331. The number of aromatic nitrogens is 1. The fourth-order valence-electron chi connectivity index (χ4n) is 1.99. The Balaban J connectivity index is 1.83. The van der Waals surface area contributed by atoms with Gasteiger partial charge in [0.2, 0.25) is 0 Å². The first kappa shape index (κ1) is 10.9. The second kappa shape index (κ2) is 4.55. The molecule has 2 atom stereocenters. The summed E-state index contributed by atoms with van der Waals surface area (Å²) in [6.07, 6.45) is 1.04. The van der Waals surface area contributed by atoms with Crippen LogP contribution in [0.4, 0.5) is 0 Å². The van der Waals surface area contributed by atoms with Crippen LogP contribution in [0.25, 0.3) is 10.2 Å². The second-order valence-electron chi connectivity index (χ2n) is 4.09. The van der Waals surface area contributed by atoms with E-state index in [4.69, 9.17) is 11.6 Å². The first-order chi connectivity index (χ1) is 7.83. The zero-order valence-electron chi connectivity index (χ0n) is 8.73. The minimum Gasteiger partial charge on any atom is -0.241 e. The van der Waals surface area contributed by atoms with Crippen molar-refractivity contribution in [1.29, 1.82) is 0 Å². The average Bonchev–Trinajstić information content (AvgIpc) is 2.85. The third-order valence-electron chi connectivity index (χ3n) is 2.90. The molecule has 3 rings (SSSR count). The monoisotopic (exact) mass is 269 g/mol. The zero-order chi connectivity index (χ0) is 11.0. The van der Waals surface area contributed by atoms with Crippen molar-refractivity contribution >= 4 is 44.9 Å². The predicted molar refractivity (Wildman–Crippen MR) is 73.8 cm³/mol. The Labute approximate surface area is 108 Å². The molecule has 2 unspecified atom stereocenters. The minimum atomic E-state index is 0.331. The van der Waals surface area contributed by atoms with Gasteiger partial charge in [-0.25, -0.2) is 4.98 Å². The summed E-state index contributed by atoms with van der Waals surface area (Å²) in [6, 6.07) is 8.33. The number of nitrogens with zero attached hydrogens (tertiary/aromatic N) is 1. The summed E-state index contributed by atoms with van der Waals surface area (Å²) >= 11 is 10.1. The number of benzene rings is 1. The van der Waals surface area contributed by atoms with E-state index in [1.807, 2.05) is 29.2 Å². The maximum Gasteiger partial charge on any atom is 0.0942 e. The molecule has 1 aliphatic heterocycles. The van der Waals surface area contributed by atoms with E-state index < -0.39 is 0 Å². The highest BCUT2D eigenvalue weighted by Gasteiger charge is 2.26. The topological polar surface area (TPSA) is 12.9 Å². The Morgan fingerprint density at radius 2 is 2.19 bits per heavy atom. The van der Waals surface area contributed by atoms with Gasteiger partial charge in [-0.3, -0.25) is 0 Å². The van der Waals surface area contributed by atoms with Crippen LogP contribution in [0.3, 0.4) is 0 Å². The Morgan fingerprint density at radius 3 is 2.94 bits per heavy atom. The van der Waals surface area contributed by atoms with Crippen LogP contribution in [0.15, 0.2) is 24.3 Å². The Kier molecular flexibility index (Phi) is 3.09. The molecule has 0 saturated carbocycles. The van der Waals surface area contributed by atoms with Crippen molar-refractivity contribution in [2.24, 2.45) is 5.92 Å². The second-order valence-corrected chi connectivity index (χ2v) is 6.84. The molecular weight excluding hydrogens is 258 g/mol. The normalized spacial score (nSPS) is 25.3. The van der Waals surface area contributed by atoms with E-state index in [1.165, 1.54) is 15.5 Å². The molecule has 1 fully saturated rings. The van der Waals surface area contributed by atoms with E-state index in [0.717, 1.165) is 17.7 Å². The lowest BCUT2D eigenvalue weighted by Gasteiger charge is -2.09. The molecule has 0 N–H and O–H groups in total. The molecule has 84 valence electrons. The third-order valence-corrected chi connectivity index (χ3v) is 5.91. The SMILES string of the molecule is ClC1CSCC1Cc1nc2ccccc2s1. The lowest BCUT2D eigenvalue weighted by Crippen LogP contribution is -2.14. The van der Waals surface area contributed by atoms with E-state index in [-0.39, 0.29) is 0 Å². The fraction of sp³-hybridized carbons (Fsp3) is 0.417. The van der Waals surface area contributed by atoms with Crippen molar-refractivity contribution in [3.05, 3.63) is 29.3 Å². The number of thioether (sulfide) groups is 1. The van der Waals surface area contributed by atoms with Crippen LogP contribution in [-0.4, -0.2) is 21.9 Å². The van der Waals surface area contributed by atoms with Crippen LogP contribution in [0.2, 0.25) is 0 Å². The lowest BCUT2D eigenvalue weighted by atomic mass is 10.1. The highest BCUT2D eigenvalue weighted by Crippen LogP contribution is 2.33. The van der Waals surface area contributed by atoms with Gasteiger partial charge in [-0.05, 0) is 23.8 Å². The first-order valence-electron chi connectivity index (χ1n) is 5.39. The molecule has 0 radical (unpaired) electrons. The van der Waals surface area contributed by atoms with Crippen molar-refractivity contribution in [2.45, 2.75) is 11.8 Å². The van der Waals surface area contributed by atoms with Crippen molar-refractivity contribution in [3.8, 4) is 0 Å². The third kappa shape index (κ3) is 2.08. The molecule has 0 amide bonds. The first-order valence-corrected chi connectivity index (χ1v) is 7.80. The number of thiazole rings is 1. The zero-order valence-corrected chi connectivity index (χ0v) is 11.1. The largest absolute Gasteiger partial charge is 0.241 e. The maximum absolute atomic E-state index is 6.28. The van der Waals surface area contributed by atoms with Gasteiger partial charge < -0.3 is 0 Å². The lowest BCUT2D eigenvalue weighted by molar-refractivity contribution is 0.602. The van der Waals surface area contributed by atoms with Crippen LogP contribution in [-0.2, 0) is 6.42 Å². The molecule has 4 heteroatoms. The van der Waals surface area contributed by atoms with Crippen LogP contribution >= 0.6 is 34.7 Å². The molecule has 1 aromatic heterocycles. The quantitative estimate of drug-likeness (QED) is 0.769. The van der Waals surface area contributed by atoms with E-state index in [2.05, 4.69) is 23.2 Å². The number of halogens is 1. The summed E-state index contributed by atoms with van der Waals surface area (Å²) in [6.45, 7) is 0. The Bertz CT molecular complexity index is 463. The van der Waals surface area contributed by atoms with Crippen LogP contribution < -0.4 is 0 Å². The molecule has 1 aliphatic rings. The standard InChI is InChI=1S/C12H12ClNS2/c13-9-7-15-6-8(9)5-12-14-10-3-1-2-4-11(10)16-12/h1-4,8-9H,5-7H2. The van der Waals surface area contributed by atoms with E-state index in [0.29, 0.717) is 11.3 Å². The summed E-state index contributed by atoms with van der Waals surface area (Å²) < 4.78 is 1.29. The van der Waals surface area contributed by atoms with E-state index in [9.17, 15) is 0 Å². The Hall–Kier alpha value is -0.250. The van der Waals surface area contributed by atoms with Crippen molar-refractivity contribution in [1.82, 2.24) is 4.98 Å². The molecular formula is C12H12ClNS2. The maximum atomic E-state index is 6.28. The van der Waals surface area contributed by atoms with E-state index >= 15 is 0 Å². The van der Waals surface area contributed by atoms with Crippen LogP contribution in [0.5, 0.6) is 0 Å². The number of alkyl halides is 1. The van der Waals surface area contributed by atoms with Crippen molar-refractivity contribution in [2.75, 3.05) is 11.5 Å². The number of para-hydroxylation sites is 1. The van der Waals surface area contributed by atoms with Gasteiger partial charge in [0.25, 0.3) is 0 Å². The molecule has 2 heterocycles. The van der Waals surface area contributed by atoms with Gasteiger partial charge in [-0.2, -0.15) is 11.8 Å². The molecule has 2 aromatic rings. The predicted octanol–water partition coefficient (Wildman–Crippen LogP) is 3.81. The van der Waals surface area contributed by atoms with Gasteiger partial charge in [-0.15, -0.1) is 22.9 Å². The number of rotatable bonds is 2. The molecule has 16 heavy (non-hydrogen) atoms. The molecule has 1 aromatic carbocycles. The summed E-state index contributed by atoms with van der Waals surface area (Å²) in [5.41, 5.74) is 1.12. The smallest absolute Gasteiger partial charge is 0.0942 e. The van der Waals surface area contributed by atoms with Gasteiger partial charge >= 0.3 is 0 Å². The fourth-order valence-corrected chi connectivity index (χ4v) is 4.89. The molecule has 0 aliphatic carbocycles. The number of fused-ring (bicyclic) bond motifs is 1. The van der Waals surface area contributed by atoms with Gasteiger partial charge in [0.05, 0.1) is 15.2 Å². The van der Waals surface area contributed by atoms with Gasteiger partial charge in [0.15, 0.2) is 0 Å². The molecule has 1 nitrogen and oxygen atoms in total. The summed E-state index contributed by atoms with van der Waals surface area (Å²) in [7, 11) is 0. The average molecular weight is 270 g/mol. The van der Waals surface area contributed by atoms with Crippen molar-refractivity contribution < 1.29 is 0 Å². The Morgan fingerprint density at radius 1 is 1.31 bits per heavy atom. The van der Waals surface area contributed by atoms with E-state index in [1.54, 1.807) is 0 Å². The number of hydrogen-bond acceptors (Lipinski definition) is 3. The highest BCUT2D eigenvalue weighted by molar-refractivity contribution is 7.99. The van der Waals surface area contributed by atoms with Crippen molar-refractivity contribution in [3.63, 3.8) is 0 Å². The van der Waals surface area contributed by atoms with Crippen LogP contribution in [0.1, 0.15) is 5.01 Å². The summed E-state index contributed by atoms with van der Waals surface area (Å²) in [4.78, 5) is 4.66. The summed E-state index contributed by atoms with van der Waals surface area (Å²) in [5.74, 6) is 2.88. The molecule has 0 spiro atoms. The van der Waals surface area contributed by atoms with Gasteiger partial charge in [0.1, 0.15) is 0 Å². The number of hydrogen-bond donors (Lipinski definition) is 0. The highest BCUT2D eigenvalue weighted by atomic mass is 35.5.